The van der Waals surface area contributed by atoms with Gasteiger partial charge in [0.1, 0.15) is 4.21 Å². The van der Waals surface area contributed by atoms with Gasteiger partial charge in [-0.1, -0.05) is 26.3 Å². The van der Waals surface area contributed by atoms with E-state index in [1.807, 2.05) is 6.08 Å². The van der Waals surface area contributed by atoms with Gasteiger partial charge >= 0.3 is 5.97 Å². The Balaban J connectivity index is 1.41. The lowest BCUT2D eigenvalue weighted by Crippen LogP contribution is -2.63. The number of thiophene rings is 1. The Morgan fingerprint density at radius 2 is 2.00 bits per heavy atom. The summed E-state index contributed by atoms with van der Waals surface area (Å²) in [5.41, 5.74) is 0.829. The summed E-state index contributed by atoms with van der Waals surface area (Å²) in [4.78, 5) is 24.9. The zero-order chi connectivity index (χ0) is 26.1. The number of rotatable bonds is 10. The SMILES string of the molecule is COC(=O)C=CCCCC[C@H]1C[C@H]2C[C@@H]([C@@H]1NC(=O)c1ccc(S(=O)(=O)n3cccc3C)s1)C2(C)C. The number of amides is 1. The van der Waals surface area contributed by atoms with E-state index >= 15 is 0 Å². The van der Waals surface area contributed by atoms with Crippen LogP contribution in [0.25, 0.3) is 0 Å². The van der Waals surface area contributed by atoms with Gasteiger partial charge < -0.3 is 10.1 Å². The van der Waals surface area contributed by atoms with Crippen molar-refractivity contribution in [1.29, 1.82) is 0 Å². The molecule has 9 heteroatoms. The molecule has 2 aromatic rings. The van der Waals surface area contributed by atoms with Crippen LogP contribution in [0.4, 0.5) is 0 Å². The molecule has 5 rings (SSSR count). The second-order valence-corrected chi connectivity index (χ2v) is 13.8. The van der Waals surface area contributed by atoms with E-state index in [9.17, 15) is 18.0 Å². The number of fused-ring (bicyclic) bond motifs is 2. The van der Waals surface area contributed by atoms with Crippen molar-refractivity contribution < 1.29 is 22.7 Å². The molecule has 0 aromatic carbocycles. The van der Waals surface area contributed by atoms with Crippen LogP contribution in [0.5, 0.6) is 0 Å². The van der Waals surface area contributed by atoms with Crippen LogP contribution >= 0.6 is 11.3 Å². The maximum absolute atomic E-state index is 13.3. The zero-order valence-electron chi connectivity index (χ0n) is 21.4. The number of unbranched alkanes of at least 4 members (excludes halogenated alkanes) is 2. The molecule has 2 aromatic heterocycles. The molecule has 0 spiro atoms. The quantitative estimate of drug-likeness (QED) is 0.259. The molecule has 36 heavy (non-hydrogen) atoms. The first-order valence-corrected chi connectivity index (χ1v) is 14.9. The van der Waals surface area contributed by atoms with Crippen molar-refractivity contribution in [3.63, 3.8) is 0 Å². The van der Waals surface area contributed by atoms with Crippen LogP contribution in [0, 0.1) is 30.1 Å². The zero-order valence-corrected chi connectivity index (χ0v) is 23.0. The number of hydrogen-bond donors (Lipinski definition) is 1. The largest absolute Gasteiger partial charge is 0.466 e. The number of nitrogens with zero attached hydrogens (tertiary/aromatic N) is 1. The lowest BCUT2D eigenvalue weighted by molar-refractivity contribution is -0.134. The number of carbonyl (C=O) groups is 2. The van der Waals surface area contributed by atoms with Gasteiger partial charge in [-0.3, -0.25) is 4.79 Å². The number of methoxy groups -OCH3 is 1. The molecular formula is C27H36N2O5S2. The van der Waals surface area contributed by atoms with Gasteiger partial charge in [-0.2, -0.15) is 8.42 Å². The van der Waals surface area contributed by atoms with Crippen molar-refractivity contribution in [2.24, 2.45) is 23.2 Å². The maximum Gasteiger partial charge on any atom is 0.330 e. The molecule has 3 aliphatic carbocycles. The molecule has 2 heterocycles. The van der Waals surface area contributed by atoms with E-state index < -0.39 is 10.0 Å². The molecule has 3 fully saturated rings. The molecule has 0 radical (unpaired) electrons. The minimum absolute atomic E-state index is 0.0805. The lowest BCUT2D eigenvalue weighted by atomic mass is 9.44. The molecule has 196 valence electrons. The highest BCUT2D eigenvalue weighted by molar-refractivity contribution is 7.92. The first-order valence-electron chi connectivity index (χ1n) is 12.6. The van der Waals surface area contributed by atoms with E-state index in [0.29, 0.717) is 28.3 Å². The summed E-state index contributed by atoms with van der Waals surface area (Å²) < 4.78 is 32.0. The Hall–Kier alpha value is -2.39. The number of nitrogens with one attached hydrogen (secondary N) is 1. The fourth-order valence-corrected chi connectivity index (χ4v) is 8.64. The van der Waals surface area contributed by atoms with Gasteiger partial charge in [0.15, 0.2) is 0 Å². The third-order valence-corrected chi connectivity index (χ3v) is 11.6. The fraction of sp³-hybridized carbons (Fsp3) is 0.556. The standard InChI is InChI=1S/C27H36N2O5S2/c1-18-10-9-15-29(18)36(32,33)24-14-13-22(35-24)26(31)28-25-19(16-20-17-21(25)27(20,2)3)11-7-5-6-8-12-23(30)34-4/h8-10,12-15,19-21,25H,5-7,11,16-17H2,1-4H3,(H,28,31)/t19-,20-,21-,25+/m0/s1. The molecule has 0 aliphatic heterocycles. The van der Waals surface area contributed by atoms with Crippen LogP contribution in [-0.4, -0.2) is 37.4 Å². The second kappa shape index (κ2) is 10.5. The molecule has 4 atom stereocenters. The minimum Gasteiger partial charge on any atom is -0.466 e. The summed E-state index contributed by atoms with van der Waals surface area (Å²) >= 11 is 1.02. The summed E-state index contributed by atoms with van der Waals surface area (Å²) in [6, 6.07) is 6.66. The molecule has 1 amide bonds. The molecular weight excluding hydrogens is 496 g/mol. The molecule has 7 nitrogen and oxygen atoms in total. The highest BCUT2D eigenvalue weighted by Gasteiger charge is 2.57. The summed E-state index contributed by atoms with van der Waals surface area (Å²) in [5.74, 6) is 0.988. The van der Waals surface area contributed by atoms with Crippen LogP contribution in [0.15, 0.2) is 46.8 Å². The third-order valence-electron chi connectivity index (χ3n) is 8.25. The number of carbonyl (C=O) groups excluding carboxylic acids is 2. The van der Waals surface area contributed by atoms with Crippen molar-refractivity contribution >= 4 is 33.2 Å². The molecule has 0 saturated heterocycles. The second-order valence-electron chi connectivity index (χ2n) is 10.6. The van der Waals surface area contributed by atoms with Gasteiger partial charge in [0, 0.05) is 24.0 Å². The Morgan fingerprint density at radius 3 is 2.67 bits per heavy atom. The van der Waals surface area contributed by atoms with E-state index in [1.54, 1.807) is 25.1 Å². The van der Waals surface area contributed by atoms with Gasteiger partial charge in [0.25, 0.3) is 15.9 Å². The van der Waals surface area contributed by atoms with Crippen LogP contribution in [0.2, 0.25) is 0 Å². The predicted octanol–water partition coefficient (Wildman–Crippen LogP) is 5.17. The maximum atomic E-state index is 13.3. The van der Waals surface area contributed by atoms with E-state index in [2.05, 4.69) is 23.9 Å². The summed E-state index contributed by atoms with van der Waals surface area (Å²) in [6.45, 7) is 6.34. The number of hydrogen-bond acceptors (Lipinski definition) is 6. The number of aromatic nitrogens is 1. The molecule has 0 unspecified atom stereocenters. The molecule has 3 saturated carbocycles. The van der Waals surface area contributed by atoms with Gasteiger partial charge in [0.05, 0.1) is 12.0 Å². The number of aryl methyl sites for hydroxylation is 1. The van der Waals surface area contributed by atoms with Crippen LogP contribution in [0.1, 0.15) is 67.7 Å². The van der Waals surface area contributed by atoms with Gasteiger partial charge in [-0.25, -0.2) is 8.77 Å². The van der Waals surface area contributed by atoms with Crippen LogP contribution in [-0.2, 0) is 19.6 Å². The lowest BCUT2D eigenvalue weighted by Gasteiger charge is -2.62. The Morgan fingerprint density at radius 1 is 1.22 bits per heavy atom. The van der Waals surface area contributed by atoms with Gasteiger partial charge in [-0.15, -0.1) is 11.3 Å². The summed E-state index contributed by atoms with van der Waals surface area (Å²) in [5, 5.41) is 3.31. The highest BCUT2D eigenvalue weighted by atomic mass is 32.2. The Bertz CT molecular complexity index is 1240. The average Bonchev–Trinajstić information content (AvgIpc) is 3.51. The third kappa shape index (κ3) is 5.18. The van der Waals surface area contributed by atoms with Crippen molar-refractivity contribution in [2.75, 3.05) is 7.11 Å². The van der Waals surface area contributed by atoms with Gasteiger partial charge in [-0.05, 0) is 86.5 Å². The number of ether oxygens (including phenoxy) is 1. The van der Waals surface area contributed by atoms with E-state index in [0.717, 1.165) is 49.9 Å². The van der Waals surface area contributed by atoms with Gasteiger partial charge in [0.2, 0.25) is 0 Å². The van der Waals surface area contributed by atoms with E-state index in [1.165, 1.54) is 29.4 Å². The normalized spacial score (nSPS) is 24.9. The minimum atomic E-state index is -3.71. The first kappa shape index (κ1) is 26.7. The van der Waals surface area contributed by atoms with E-state index in [-0.39, 0.29) is 27.5 Å². The van der Waals surface area contributed by atoms with Crippen molar-refractivity contribution in [1.82, 2.24) is 9.29 Å². The topological polar surface area (TPSA) is 94.5 Å². The van der Waals surface area contributed by atoms with Crippen LogP contribution in [0.3, 0.4) is 0 Å². The first-order chi connectivity index (χ1) is 17.1. The Kier molecular flexibility index (Phi) is 7.80. The Labute approximate surface area is 218 Å². The smallest absolute Gasteiger partial charge is 0.330 e. The van der Waals surface area contributed by atoms with Crippen molar-refractivity contribution in [2.45, 2.75) is 69.5 Å². The summed E-state index contributed by atoms with van der Waals surface area (Å²) in [6.07, 6.45) is 10.9. The van der Waals surface area contributed by atoms with E-state index in [4.69, 9.17) is 0 Å². The number of allylic oxidation sites excluding steroid dienone is 1. The van der Waals surface area contributed by atoms with Crippen molar-refractivity contribution in [3.05, 3.63) is 53.2 Å². The number of esters is 1. The molecule has 3 aliphatic rings. The summed E-state index contributed by atoms with van der Waals surface area (Å²) in [7, 11) is -2.34. The monoisotopic (exact) mass is 532 g/mol. The highest BCUT2D eigenvalue weighted by Crippen LogP contribution is 2.61. The molecule has 1 N–H and O–H groups in total. The fourth-order valence-electron chi connectivity index (χ4n) is 5.96. The predicted molar refractivity (Wildman–Crippen MR) is 140 cm³/mol. The molecule has 2 bridgehead atoms. The van der Waals surface area contributed by atoms with Crippen molar-refractivity contribution in [3.8, 4) is 0 Å². The van der Waals surface area contributed by atoms with Crippen LogP contribution < -0.4 is 5.32 Å². The average molecular weight is 533 g/mol.